The summed E-state index contributed by atoms with van der Waals surface area (Å²) in [6.45, 7) is 8.97. The van der Waals surface area contributed by atoms with Crippen molar-refractivity contribution in [2.45, 2.75) is 49.7 Å². The number of alkyl halides is 1. The number of aryl methyl sites for hydroxylation is 2. The van der Waals surface area contributed by atoms with Crippen molar-refractivity contribution in [1.29, 1.82) is 0 Å². The van der Waals surface area contributed by atoms with Crippen molar-refractivity contribution >= 4 is 33.6 Å². The Morgan fingerprint density at radius 1 is 1.26 bits per heavy atom. The first kappa shape index (κ1) is 22.5. The molecule has 1 aliphatic rings. The maximum Gasteiger partial charge on any atom is 0.253 e. The van der Waals surface area contributed by atoms with E-state index < -0.39 is 0 Å². The Labute approximate surface area is 196 Å². The van der Waals surface area contributed by atoms with Crippen LogP contribution in [0.2, 0.25) is 0 Å². The van der Waals surface area contributed by atoms with Gasteiger partial charge in [0.25, 0.3) is 5.56 Å². The Morgan fingerprint density at radius 3 is 2.68 bits per heavy atom. The van der Waals surface area contributed by atoms with Gasteiger partial charge in [-0.05, 0) is 85.5 Å². The summed E-state index contributed by atoms with van der Waals surface area (Å²) < 4.78 is 15.3. The highest BCUT2D eigenvalue weighted by Gasteiger charge is 2.28. The van der Waals surface area contributed by atoms with Crippen LogP contribution in [0.25, 0.3) is 22.2 Å². The van der Waals surface area contributed by atoms with E-state index in [0.717, 1.165) is 66.1 Å². The third-order valence-corrected chi connectivity index (χ3v) is 6.60. The number of hydrogen-bond donors (Lipinski definition) is 0. The van der Waals surface area contributed by atoms with Gasteiger partial charge in [-0.3, -0.25) is 4.79 Å². The van der Waals surface area contributed by atoms with Crippen molar-refractivity contribution in [3.63, 3.8) is 0 Å². The van der Waals surface area contributed by atoms with Crippen molar-refractivity contribution in [3.8, 4) is 11.1 Å². The Morgan fingerprint density at radius 2 is 2.00 bits per heavy atom. The summed E-state index contributed by atoms with van der Waals surface area (Å²) in [5.74, 6) is 1.51. The van der Waals surface area contributed by atoms with Gasteiger partial charge in [0.15, 0.2) is 0 Å². The van der Waals surface area contributed by atoms with Gasteiger partial charge < -0.3 is 18.6 Å². The van der Waals surface area contributed by atoms with Gasteiger partial charge in [-0.25, -0.2) is 4.98 Å². The van der Waals surface area contributed by atoms with Crippen molar-refractivity contribution in [2.24, 2.45) is 7.05 Å². The van der Waals surface area contributed by atoms with Crippen LogP contribution in [0.3, 0.4) is 0 Å². The van der Waals surface area contributed by atoms with E-state index in [-0.39, 0.29) is 9.17 Å². The van der Waals surface area contributed by atoms with Gasteiger partial charge in [-0.2, -0.15) is 0 Å². The number of hydrogen-bond acceptors (Lipinski definition) is 4. The van der Waals surface area contributed by atoms with Crippen molar-refractivity contribution in [3.05, 3.63) is 52.2 Å². The van der Waals surface area contributed by atoms with Gasteiger partial charge in [-0.15, -0.1) is 0 Å². The first-order valence-corrected chi connectivity index (χ1v) is 12.0. The van der Waals surface area contributed by atoms with Gasteiger partial charge in [0, 0.05) is 44.5 Å². The van der Waals surface area contributed by atoms with Crippen LogP contribution in [-0.2, 0) is 23.1 Å². The molecule has 3 heterocycles. The molecule has 2 aromatic heterocycles. The third-order valence-electron chi connectivity index (χ3n) is 5.95. The molecule has 1 fully saturated rings. The van der Waals surface area contributed by atoms with Gasteiger partial charge in [0.05, 0.1) is 17.6 Å². The number of pyridine rings is 1. The lowest BCUT2D eigenvalue weighted by Crippen LogP contribution is -2.29. The van der Waals surface area contributed by atoms with Crippen molar-refractivity contribution < 1.29 is 9.47 Å². The lowest BCUT2D eigenvalue weighted by molar-refractivity contribution is 0.0484. The molecule has 4 rings (SSSR count). The van der Waals surface area contributed by atoms with Gasteiger partial charge in [0.2, 0.25) is 0 Å². The van der Waals surface area contributed by atoms with Crippen molar-refractivity contribution in [1.82, 2.24) is 14.1 Å². The molecule has 0 radical (unpaired) electrons. The molecule has 0 N–H and O–H groups in total. The quantitative estimate of drug-likeness (QED) is 0.337. The molecule has 0 bridgehead atoms. The fraction of sp³-hybridized carbons (Fsp3) is 0.500. The number of halogens is 1. The monoisotopic (exact) mass is 535 g/mol. The second-order valence-corrected chi connectivity index (χ2v) is 10.8. The van der Waals surface area contributed by atoms with E-state index in [1.54, 1.807) is 11.6 Å². The molecule has 6 nitrogen and oxygen atoms in total. The Kier molecular flexibility index (Phi) is 6.55. The van der Waals surface area contributed by atoms with E-state index in [1.165, 1.54) is 0 Å². The maximum absolute atomic E-state index is 12.1. The molecule has 0 saturated carbocycles. The highest BCUT2D eigenvalue weighted by Crippen LogP contribution is 2.34. The topological polar surface area (TPSA) is 58.3 Å². The Hall–Kier alpha value is -1.71. The number of rotatable bonds is 6. The van der Waals surface area contributed by atoms with Crippen LogP contribution in [0.1, 0.15) is 44.0 Å². The molecular weight excluding hydrogens is 505 g/mol. The molecule has 0 unspecified atom stereocenters. The number of aromatic nitrogens is 3. The number of imidazole rings is 1. The van der Waals surface area contributed by atoms with Crippen LogP contribution in [0.5, 0.6) is 0 Å². The largest absolute Gasteiger partial charge is 0.381 e. The molecule has 31 heavy (non-hydrogen) atoms. The highest BCUT2D eigenvalue weighted by molar-refractivity contribution is 14.1. The molecule has 0 amide bonds. The van der Waals surface area contributed by atoms with Crippen LogP contribution in [0.15, 0.2) is 35.3 Å². The molecule has 1 aliphatic heterocycles. The average molecular weight is 535 g/mol. The summed E-state index contributed by atoms with van der Waals surface area (Å²) in [4.78, 5) is 17.2. The van der Waals surface area contributed by atoms with E-state index in [2.05, 4.69) is 52.3 Å². The van der Waals surface area contributed by atoms with Crippen LogP contribution in [0, 0.1) is 6.92 Å². The predicted octanol–water partition coefficient (Wildman–Crippen LogP) is 4.79. The fourth-order valence-electron chi connectivity index (χ4n) is 4.42. The molecule has 0 spiro atoms. The smallest absolute Gasteiger partial charge is 0.253 e. The molecular formula is C24H30IN3O3. The molecule has 1 atom stereocenters. The zero-order valence-corrected chi connectivity index (χ0v) is 20.8. The number of benzene rings is 1. The average Bonchev–Trinajstić information content (AvgIpc) is 3.09. The maximum atomic E-state index is 12.1. The van der Waals surface area contributed by atoms with E-state index in [0.29, 0.717) is 12.5 Å². The fourth-order valence-corrected chi connectivity index (χ4v) is 5.07. The summed E-state index contributed by atoms with van der Waals surface area (Å²) >= 11 is 2.40. The molecule has 7 heteroatoms. The lowest BCUT2D eigenvalue weighted by Gasteiger charge is -2.27. The third kappa shape index (κ3) is 4.73. The lowest BCUT2D eigenvalue weighted by atomic mass is 9.99. The number of fused-ring (bicyclic) bond motifs is 1. The molecule has 1 saturated heterocycles. The van der Waals surface area contributed by atoms with Crippen LogP contribution in [0.4, 0.5) is 0 Å². The number of nitrogens with zero attached hydrogens (tertiary/aromatic N) is 3. The SMILES string of the molecule is CCO[C@@](C)(I)Cn1c(C2CCOCC2)nc2ccc(-c3cc(C)c(=O)n(C)c3)cc21. The van der Waals surface area contributed by atoms with Crippen LogP contribution >= 0.6 is 22.6 Å². The standard InChI is InChI=1S/C24H30IN3O3/c1-5-31-24(3,25)15-28-21-13-18(19-12-16(2)23(29)27(4)14-19)6-7-20(21)26-22(28)17-8-10-30-11-9-17/h6-7,12-14,17H,5,8-11,15H2,1-4H3/t24-/m1/s1. The minimum atomic E-state index is -0.330. The molecule has 3 aromatic rings. The predicted molar refractivity (Wildman–Crippen MR) is 132 cm³/mol. The van der Waals surface area contributed by atoms with Gasteiger partial charge in [0.1, 0.15) is 9.43 Å². The van der Waals surface area contributed by atoms with E-state index in [9.17, 15) is 4.79 Å². The van der Waals surface area contributed by atoms with Gasteiger partial charge in [-0.1, -0.05) is 6.07 Å². The second kappa shape index (κ2) is 9.03. The van der Waals surface area contributed by atoms with Crippen LogP contribution < -0.4 is 5.56 Å². The summed E-state index contributed by atoms with van der Waals surface area (Å²) in [6, 6.07) is 8.35. The zero-order chi connectivity index (χ0) is 22.2. The van der Waals surface area contributed by atoms with E-state index in [4.69, 9.17) is 14.5 Å². The van der Waals surface area contributed by atoms with Crippen LogP contribution in [-0.4, -0.2) is 37.5 Å². The van der Waals surface area contributed by atoms with Crippen molar-refractivity contribution in [2.75, 3.05) is 19.8 Å². The first-order chi connectivity index (χ1) is 14.8. The second-order valence-electron chi connectivity index (χ2n) is 8.51. The number of ether oxygens (including phenoxy) is 2. The van der Waals surface area contributed by atoms with E-state index in [1.807, 2.05) is 26.1 Å². The summed E-state index contributed by atoms with van der Waals surface area (Å²) in [7, 11) is 1.80. The normalized spacial score (nSPS) is 17.2. The molecule has 1 aromatic carbocycles. The van der Waals surface area contributed by atoms with Gasteiger partial charge >= 0.3 is 0 Å². The summed E-state index contributed by atoms with van der Waals surface area (Å²) in [6.07, 6.45) is 3.88. The first-order valence-electron chi connectivity index (χ1n) is 10.9. The Bertz CT molecular complexity index is 1120. The minimum absolute atomic E-state index is 0.0362. The Balaban J connectivity index is 1.85. The minimum Gasteiger partial charge on any atom is -0.381 e. The zero-order valence-electron chi connectivity index (χ0n) is 18.7. The highest BCUT2D eigenvalue weighted by atomic mass is 127. The summed E-state index contributed by atoms with van der Waals surface area (Å²) in [5.41, 5.74) is 4.99. The molecule has 0 aliphatic carbocycles. The summed E-state index contributed by atoms with van der Waals surface area (Å²) in [5, 5.41) is 0. The van der Waals surface area contributed by atoms with E-state index >= 15 is 0 Å². The molecule has 166 valence electrons.